The van der Waals surface area contributed by atoms with Gasteiger partial charge in [-0.15, -0.1) is 0 Å². The Labute approximate surface area is 80.9 Å². The fraction of sp³-hybridized carbons (Fsp3) is 0. The van der Waals surface area contributed by atoms with Crippen molar-refractivity contribution < 1.29 is 33.9 Å². The van der Waals surface area contributed by atoms with E-state index in [0.717, 1.165) is 0 Å². The van der Waals surface area contributed by atoms with E-state index in [4.69, 9.17) is 0 Å². The Hall–Kier alpha value is -1.10. The first-order valence-electron chi connectivity index (χ1n) is 2.79. The van der Waals surface area contributed by atoms with Crippen LogP contribution in [0.2, 0.25) is 0 Å². The smallest absolute Gasteiger partial charge is 0.369 e. The zero-order chi connectivity index (χ0) is 11.2. The predicted molar refractivity (Wildman–Crippen MR) is 42.6 cm³/mol. The van der Waals surface area contributed by atoms with Crippen LogP contribution in [0.25, 0.3) is 0 Å². The zero-order valence-corrected chi connectivity index (χ0v) is 8.28. The van der Waals surface area contributed by atoms with Crippen molar-refractivity contribution in [1.29, 1.82) is 0 Å². The van der Waals surface area contributed by atoms with E-state index in [1.54, 1.807) is 0 Å². The molecule has 0 aliphatic heterocycles. The molecule has 0 atom stereocenters. The Bertz CT molecular complexity index is 349. The van der Waals surface area contributed by atoms with Gasteiger partial charge in [0.25, 0.3) is 0 Å². The molecule has 10 heteroatoms. The number of rotatable bonds is 7. The highest BCUT2D eigenvalue weighted by molar-refractivity contribution is 7.84. The Morgan fingerprint density at radius 2 is 1.07 bits per heavy atom. The van der Waals surface area contributed by atoms with Crippen LogP contribution < -0.4 is 0 Å². The molecule has 0 bridgehead atoms. The molecule has 0 aliphatic rings. The van der Waals surface area contributed by atoms with Gasteiger partial charge in [-0.3, -0.25) is 0 Å². The van der Waals surface area contributed by atoms with Crippen LogP contribution in [0.4, 0.5) is 0 Å². The van der Waals surface area contributed by atoms with Crippen molar-refractivity contribution in [2.24, 2.45) is 0 Å². The number of hydrogen-bond donors (Lipinski definition) is 0. The van der Waals surface area contributed by atoms with Gasteiger partial charge >= 0.3 is 20.8 Å². The minimum absolute atomic E-state index is 0.500. The summed E-state index contributed by atoms with van der Waals surface area (Å²) in [6.07, 6.45) is 0.999. The quantitative estimate of drug-likeness (QED) is 0.344. The molecular formula is C4H6O8S2. The lowest BCUT2D eigenvalue weighted by Gasteiger charge is -2.01. The van der Waals surface area contributed by atoms with Crippen LogP contribution in [-0.2, 0) is 37.8 Å². The van der Waals surface area contributed by atoms with Gasteiger partial charge in [0.15, 0.2) is 0 Å². The minimum Gasteiger partial charge on any atom is -0.369 e. The molecule has 14 heavy (non-hydrogen) atoms. The normalized spacial score (nSPS) is 11.7. The largest absolute Gasteiger partial charge is 0.477 e. The van der Waals surface area contributed by atoms with Gasteiger partial charge in [0, 0.05) is 0 Å². The Balaban J connectivity index is 4.32. The lowest BCUT2D eigenvalue weighted by Crippen LogP contribution is -2.13. The second-order valence-electron chi connectivity index (χ2n) is 1.48. The molecule has 0 fully saturated rings. The molecule has 0 saturated heterocycles. The van der Waals surface area contributed by atoms with Crippen LogP contribution in [0.15, 0.2) is 25.7 Å². The molecule has 8 nitrogen and oxygen atoms in total. The second kappa shape index (κ2) is 4.95. The monoisotopic (exact) mass is 246 g/mol. The Morgan fingerprint density at radius 3 is 1.29 bits per heavy atom. The number of hydrogen-bond acceptors (Lipinski definition) is 8. The van der Waals surface area contributed by atoms with Crippen molar-refractivity contribution in [1.82, 2.24) is 0 Å². The van der Waals surface area contributed by atoms with Crippen molar-refractivity contribution >= 4 is 20.8 Å². The van der Waals surface area contributed by atoms with Crippen LogP contribution in [0.1, 0.15) is 0 Å². The summed E-state index contributed by atoms with van der Waals surface area (Å²) >= 11 is 0. The minimum atomic E-state index is -4.62. The van der Waals surface area contributed by atoms with Crippen LogP contribution >= 0.6 is 0 Å². The summed E-state index contributed by atoms with van der Waals surface area (Å²) in [6.45, 7) is 5.79. The van der Waals surface area contributed by atoms with E-state index in [-0.39, 0.29) is 0 Å². The molecule has 0 radical (unpaired) electrons. The molecule has 0 spiro atoms. The SMILES string of the molecule is C=COS(=O)(=O)OOS(=O)(=O)OC=C. The molecule has 0 heterocycles. The first-order valence-corrected chi connectivity index (χ1v) is 5.45. The third-order valence-electron chi connectivity index (χ3n) is 0.566. The van der Waals surface area contributed by atoms with Crippen molar-refractivity contribution in [3.8, 4) is 0 Å². The highest BCUT2D eigenvalue weighted by Gasteiger charge is 2.20. The van der Waals surface area contributed by atoms with Crippen LogP contribution in [0.3, 0.4) is 0 Å². The Morgan fingerprint density at radius 1 is 0.786 bits per heavy atom. The van der Waals surface area contributed by atoms with Crippen molar-refractivity contribution in [3.05, 3.63) is 25.7 Å². The van der Waals surface area contributed by atoms with E-state index >= 15 is 0 Å². The lowest BCUT2D eigenvalue weighted by atomic mass is 11.2. The molecule has 0 aromatic carbocycles. The maximum Gasteiger partial charge on any atom is 0.477 e. The Kier molecular flexibility index (Phi) is 4.56. The van der Waals surface area contributed by atoms with Gasteiger partial charge in [-0.2, -0.15) is 16.8 Å². The summed E-state index contributed by atoms with van der Waals surface area (Å²) in [7, 11) is -9.23. The third kappa shape index (κ3) is 5.53. The molecule has 0 N–H and O–H groups in total. The first-order chi connectivity index (χ1) is 6.33. The molecule has 0 amide bonds. The maximum atomic E-state index is 10.5. The molecule has 0 aromatic heterocycles. The van der Waals surface area contributed by atoms with Gasteiger partial charge in [0.1, 0.15) is 12.5 Å². The van der Waals surface area contributed by atoms with Crippen molar-refractivity contribution in [2.75, 3.05) is 0 Å². The van der Waals surface area contributed by atoms with E-state index in [1.165, 1.54) is 0 Å². The van der Waals surface area contributed by atoms with Gasteiger partial charge in [-0.05, 0) is 0 Å². The van der Waals surface area contributed by atoms with Gasteiger partial charge < -0.3 is 8.37 Å². The molecule has 0 saturated carbocycles. The lowest BCUT2D eigenvalue weighted by molar-refractivity contribution is -0.106. The third-order valence-corrected chi connectivity index (χ3v) is 1.87. The average Bonchev–Trinajstić information content (AvgIpc) is 2.01. The first kappa shape index (κ1) is 12.9. The summed E-state index contributed by atoms with van der Waals surface area (Å²) in [5.74, 6) is 0. The highest BCUT2D eigenvalue weighted by atomic mass is 32.3. The van der Waals surface area contributed by atoms with E-state index in [9.17, 15) is 16.8 Å². The predicted octanol–water partition coefficient (Wildman–Crippen LogP) is -0.256. The molecule has 0 aromatic rings. The van der Waals surface area contributed by atoms with Gasteiger partial charge in [-0.1, -0.05) is 21.8 Å². The summed E-state index contributed by atoms with van der Waals surface area (Å²) in [5, 5.41) is 0. The molecule has 82 valence electrons. The van der Waals surface area contributed by atoms with Gasteiger partial charge in [-0.25, -0.2) is 0 Å². The second-order valence-corrected chi connectivity index (χ2v) is 3.77. The van der Waals surface area contributed by atoms with Gasteiger partial charge in [0.2, 0.25) is 0 Å². The fourth-order valence-electron chi connectivity index (χ4n) is 0.267. The zero-order valence-electron chi connectivity index (χ0n) is 6.65. The average molecular weight is 246 g/mol. The summed E-state index contributed by atoms with van der Waals surface area (Å²) in [4.78, 5) is 0. The standard InChI is InChI=1S/C4H6O8S2/c1-3-9-13(5,6)11-12-14(7,8)10-4-2/h3-4H,1-2H2. The van der Waals surface area contributed by atoms with E-state index in [0.29, 0.717) is 12.5 Å². The molecular weight excluding hydrogens is 240 g/mol. The van der Waals surface area contributed by atoms with Crippen molar-refractivity contribution in [3.63, 3.8) is 0 Å². The van der Waals surface area contributed by atoms with Gasteiger partial charge in [0.05, 0.1) is 0 Å². The summed E-state index contributed by atoms with van der Waals surface area (Å²) in [5.41, 5.74) is 0. The van der Waals surface area contributed by atoms with E-state index < -0.39 is 20.8 Å². The fourth-order valence-corrected chi connectivity index (χ4v) is 1.21. The summed E-state index contributed by atoms with van der Waals surface area (Å²) in [6, 6.07) is 0. The van der Waals surface area contributed by atoms with Crippen LogP contribution in [0.5, 0.6) is 0 Å². The highest BCUT2D eigenvalue weighted by Crippen LogP contribution is 2.03. The molecule has 0 unspecified atom stereocenters. The topological polar surface area (TPSA) is 105 Å². The summed E-state index contributed by atoms with van der Waals surface area (Å²) < 4.78 is 56.3. The van der Waals surface area contributed by atoms with Crippen LogP contribution in [0, 0.1) is 0 Å². The van der Waals surface area contributed by atoms with E-state index in [1.807, 2.05) is 0 Å². The van der Waals surface area contributed by atoms with Crippen LogP contribution in [-0.4, -0.2) is 16.8 Å². The molecule has 0 aliphatic carbocycles. The molecule has 0 rings (SSSR count). The van der Waals surface area contributed by atoms with E-state index in [2.05, 4.69) is 30.2 Å². The van der Waals surface area contributed by atoms with Crippen molar-refractivity contribution in [2.45, 2.75) is 0 Å². The maximum absolute atomic E-state index is 10.5.